The molecule has 8 heteroatoms. The number of aryl methyl sites for hydroxylation is 2. The molecule has 3 amide bonds. The minimum absolute atomic E-state index is 0.140. The summed E-state index contributed by atoms with van der Waals surface area (Å²) in [5.74, 6) is 0.133. The van der Waals surface area contributed by atoms with Crippen LogP contribution in [-0.2, 0) is 10.3 Å². The first-order valence-electron chi connectivity index (χ1n) is 8.70. The summed E-state index contributed by atoms with van der Waals surface area (Å²) in [6.07, 6.45) is 0. The highest BCUT2D eigenvalue weighted by molar-refractivity contribution is 7.80. The van der Waals surface area contributed by atoms with Crippen molar-refractivity contribution in [3.05, 3.63) is 59.2 Å². The van der Waals surface area contributed by atoms with Gasteiger partial charge in [0.2, 0.25) is 0 Å². The fourth-order valence-corrected chi connectivity index (χ4v) is 3.16. The topological polar surface area (TPSA) is 82.7 Å². The maximum absolute atomic E-state index is 13.0. The van der Waals surface area contributed by atoms with E-state index in [1.807, 2.05) is 32.0 Å². The molecule has 3 rings (SSSR count). The molecular weight excluding hydrogens is 376 g/mol. The summed E-state index contributed by atoms with van der Waals surface area (Å²) >= 11 is 5.27. The van der Waals surface area contributed by atoms with E-state index >= 15 is 0 Å². The average Bonchev–Trinajstić information content (AvgIpc) is 2.89. The van der Waals surface area contributed by atoms with E-state index < -0.39 is 17.5 Å². The van der Waals surface area contributed by atoms with Gasteiger partial charge in [0.1, 0.15) is 11.3 Å². The second kappa shape index (κ2) is 7.47. The van der Waals surface area contributed by atoms with Crippen molar-refractivity contribution in [1.82, 2.24) is 15.8 Å². The van der Waals surface area contributed by atoms with Gasteiger partial charge in [0.05, 0.1) is 7.11 Å². The summed E-state index contributed by atoms with van der Waals surface area (Å²) in [6, 6.07) is 12.2. The van der Waals surface area contributed by atoms with Crippen LogP contribution in [0.2, 0.25) is 0 Å². The van der Waals surface area contributed by atoms with E-state index in [4.69, 9.17) is 17.0 Å². The number of imide groups is 1. The van der Waals surface area contributed by atoms with E-state index in [1.54, 1.807) is 38.3 Å². The summed E-state index contributed by atoms with van der Waals surface area (Å²) in [7, 11) is 1.54. The Morgan fingerprint density at radius 1 is 1.14 bits per heavy atom. The minimum Gasteiger partial charge on any atom is -0.497 e. The highest BCUT2D eigenvalue weighted by Crippen LogP contribution is 2.30. The molecule has 1 aliphatic heterocycles. The van der Waals surface area contributed by atoms with Gasteiger partial charge in [-0.1, -0.05) is 18.2 Å². The zero-order chi connectivity index (χ0) is 20.5. The first-order chi connectivity index (χ1) is 13.2. The predicted octanol–water partition coefficient (Wildman–Crippen LogP) is 2.98. The van der Waals surface area contributed by atoms with Crippen LogP contribution in [-0.4, -0.2) is 29.2 Å². The molecule has 0 aliphatic carbocycles. The number of anilines is 1. The van der Waals surface area contributed by atoms with E-state index in [2.05, 4.69) is 16.1 Å². The van der Waals surface area contributed by atoms with Gasteiger partial charge in [-0.05, 0) is 73.9 Å². The summed E-state index contributed by atoms with van der Waals surface area (Å²) < 4.78 is 5.21. The van der Waals surface area contributed by atoms with Gasteiger partial charge in [0, 0.05) is 5.69 Å². The quantitative estimate of drug-likeness (QED) is 0.543. The van der Waals surface area contributed by atoms with Crippen LogP contribution in [0, 0.1) is 13.8 Å². The Balaban J connectivity index is 1.75. The van der Waals surface area contributed by atoms with E-state index in [0.29, 0.717) is 11.3 Å². The molecule has 1 aliphatic rings. The van der Waals surface area contributed by atoms with Crippen molar-refractivity contribution in [1.29, 1.82) is 0 Å². The number of carbonyl (C=O) groups is 2. The number of thiocarbonyl (C=S) groups is 1. The molecule has 0 saturated carbocycles. The van der Waals surface area contributed by atoms with Crippen LogP contribution in [0.25, 0.3) is 0 Å². The largest absolute Gasteiger partial charge is 0.497 e. The van der Waals surface area contributed by atoms with Crippen LogP contribution in [0.5, 0.6) is 5.75 Å². The lowest BCUT2D eigenvalue weighted by Crippen LogP contribution is -2.49. The van der Waals surface area contributed by atoms with Gasteiger partial charge in [-0.25, -0.2) is 4.79 Å². The Labute approximate surface area is 169 Å². The van der Waals surface area contributed by atoms with E-state index in [9.17, 15) is 9.59 Å². The summed E-state index contributed by atoms with van der Waals surface area (Å²) in [5, 5.41) is 6.73. The van der Waals surface area contributed by atoms with Gasteiger partial charge < -0.3 is 15.4 Å². The highest BCUT2D eigenvalue weighted by atomic mass is 32.1. The zero-order valence-corrected chi connectivity index (χ0v) is 16.9. The average molecular weight is 398 g/mol. The lowest BCUT2D eigenvalue weighted by Gasteiger charge is -2.23. The van der Waals surface area contributed by atoms with Gasteiger partial charge in [-0.15, -0.1) is 0 Å². The molecule has 1 unspecified atom stereocenters. The molecule has 0 radical (unpaired) electrons. The van der Waals surface area contributed by atoms with Crippen LogP contribution in [0.15, 0.2) is 42.5 Å². The smallest absolute Gasteiger partial charge is 0.344 e. The predicted molar refractivity (Wildman–Crippen MR) is 111 cm³/mol. The molecule has 1 saturated heterocycles. The highest BCUT2D eigenvalue weighted by Gasteiger charge is 2.50. The van der Waals surface area contributed by atoms with Crippen molar-refractivity contribution in [3.63, 3.8) is 0 Å². The number of methoxy groups -OCH3 is 1. The number of hydrazine groups is 1. The second-order valence-electron chi connectivity index (χ2n) is 6.79. The van der Waals surface area contributed by atoms with Crippen molar-refractivity contribution in [2.75, 3.05) is 12.4 Å². The Kier molecular flexibility index (Phi) is 5.24. The number of rotatable bonds is 4. The van der Waals surface area contributed by atoms with Crippen molar-refractivity contribution in [3.8, 4) is 5.75 Å². The Bertz CT molecular complexity index is 962. The van der Waals surface area contributed by atoms with Gasteiger partial charge in [0.15, 0.2) is 5.11 Å². The van der Waals surface area contributed by atoms with Crippen molar-refractivity contribution < 1.29 is 14.3 Å². The molecule has 1 atom stereocenters. The number of nitrogens with one attached hydrogen (secondary N) is 3. The van der Waals surface area contributed by atoms with Crippen LogP contribution in [0.4, 0.5) is 10.5 Å². The molecule has 28 heavy (non-hydrogen) atoms. The van der Waals surface area contributed by atoms with Crippen molar-refractivity contribution in [2.24, 2.45) is 0 Å². The van der Waals surface area contributed by atoms with Gasteiger partial charge in [-0.3, -0.25) is 10.2 Å². The maximum Gasteiger partial charge on any atom is 0.344 e. The number of hydrogen-bond acceptors (Lipinski definition) is 4. The molecule has 3 N–H and O–H groups in total. The van der Waals surface area contributed by atoms with E-state index in [0.717, 1.165) is 21.8 Å². The first-order valence-corrected chi connectivity index (χ1v) is 9.11. The minimum atomic E-state index is -1.23. The van der Waals surface area contributed by atoms with Crippen LogP contribution >= 0.6 is 12.2 Å². The molecule has 146 valence electrons. The Morgan fingerprint density at radius 2 is 1.89 bits per heavy atom. The standard InChI is InChI=1S/C20H22N4O3S/c1-12-8-9-15(10-13(12)2)21-18(28)23-24-17(25)20(3,22-19(24)26)14-6-5-7-16(11-14)27-4/h5-11H,1-4H3,(H,22,26)(H2,21,23,28). The number of amides is 3. The summed E-state index contributed by atoms with van der Waals surface area (Å²) in [5.41, 5.74) is 5.09. The third kappa shape index (κ3) is 3.63. The molecule has 7 nitrogen and oxygen atoms in total. The number of ether oxygens (including phenoxy) is 1. The molecule has 0 spiro atoms. The van der Waals surface area contributed by atoms with Crippen molar-refractivity contribution in [2.45, 2.75) is 26.3 Å². The molecule has 2 aromatic rings. The molecular formula is C20H22N4O3S. The van der Waals surface area contributed by atoms with Crippen LogP contribution < -0.4 is 20.8 Å². The Hall–Kier alpha value is -3.13. The third-order valence-corrected chi connectivity index (χ3v) is 5.01. The lowest BCUT2D eigenvalue weighted by molar-refractivity contribution is -0.132. The number of nitrogens with zero attached hydrogens (tertiary/aromatic N) is 1. The maximum atomic E-state index is 13.0. The number of urea groups is 1. The first kappa shape index (κ1) is 19.6. The molecule has 1 fully saturated rings. The van der Waals surface area contributed by atoms with Crippen LogP contribution in [0.1, 0.15) is 23.6 Å². The summed E-state index contributed by atoms with van der Waals surface area (Å²) in [4.78, 5) is 25.4. The summed E-state index contributed by atoms with van der Waals surface area (Å²) in [6.45, 7) is 5.65. The molecule has 1 heterocycles. The zero-order valence-electron chi connectivity index (χ0n) is 16.1. The number of benzene rings is 2. The third-order valence-electron chi connectivity index (χ3n) is 4.82. The van der Waals surface area contributed by atoms with E-state index in [-0.39, 0.29) is 5.11 Å². The molecule has 2 aromatic carbocycles. The van der Waals surface area contributed by atoms with E-state index in [1.165, 1.54) is 0 Å². The van der Waals surface area contributed by atoms with Crippen molar-refractivity contribution >= 4 is 35.0 Å². The van der Waals surface area contributed by atoms with Gasteiger partial charge in [0.25, 0.3) is 5.91 Å². The molecule has 0 aromatic heterocycles. The fraction of sp³-hybridized carbons (Fsp3) is 0.250. The Morgan fingerprint density at radius 3 is 2.57 bits per heavy atom. The fourth-order valence-electron chi connectivity index (χ4n) is 2.95. The number of hydrogen-bond donors (Lipinski definition) is 3. The molecule has 0 bridgehead atoms. The lowest BCUT2D eigenvalue weighted by atomic mass is 9.92. The SMILES string of the molecule is COc1cccc(C2(C)NC(=O)N(NC(=S)Nc3ccc(C)c(C)c3)C2=O)c1. The monoisotopic (exact) mass is 398 g/mol. The van der Waals surface area contributed by atoms with Gasteiger partial charge in [-0.2, -0.15) is 5.01 Å². The van der Waals surface area contributed by atoms with Crippen LogP contribution in [0.3, 0.4) is 0 Å². The normalized spacial score (nSPS) is 18.6. The second-order valence-corrected chi connectivity index (χ2v) is 7.20. The number of carbonyl (C=O) groups excluding carboxylic acids is 2. The van der Waals surface area contributed by atoms with Gasteiger partial charge >= 0.3 is 6.03 Å².